The number of aromatic nitrogens is 2. The standard InChI is InChI=1S/C11H17N3O/c1-5-8(3)12-10-7-11(15-6-2)14-9(4)13-10/h5,7-8H,1,6H2,2-4H3,(H,12,13,14). The lowest BCUT2D eigenvalue weighted by atomic mass is 10.3. The van der Waals surface area contributed by atoms with Gasteiger partial charge in [0.2, 0.25) is 5.88 Å². The molecule has 4 heteroatoms. The van der Waals surface area contributed by atoms with Crippen LogP contribution in [0.5, 0.6) is 5.88 Å². The van der Waals surface area contributed by atoms with E-state index in [0.717, 1.165) is 5.82 Å². The highest BCUT2D eigenvalue weighted by Gasteiger charge is 2.03. The van der Waals surface area contributed by atoms with Crippen molar-refractivity contribution in [2.24, 2.45) is 0 Å². The van der Waals surface area contributed by atoms with Gasteiger partial charge in [-0.2, -0.15) is 4.98 Å². The first-order valence-electron chi connectivity index (χ1n) is 5.03. The molecule has 0 fully saturated rings. The van der Waals surface area contributed by atoms with E-state index in [1.165, 1.54) is 0 Å². The lowest BCUT2D eigenvalue weighted by Gasteiger charge is -2.11. The molecule has 1 heterocycles. The Morgan fingerprint density at radius 2 is 2.33 bits per heavy atom. The number of nitrogens with one attached hydrogen (secondary N) is 1. The van der Waals surface area contributed by atoms with Gasteiger partial charge in [0.15, 0.2) is 0 Å². The molecule has 1 unspecified atom stereocenters. The Kier molecular flexibility index (Phi) is 4.09. The normalized spacial score (nSPS) is 11.9. The number of aryl methyl sites for hydroxylation is 1. The summed E-state index contributed by atoms with van der Waals surface area (Å²) in [6, 6.07) is 1.96. The quantitative estimate of drug-likeness (QED) is 0.752. The molecule has 0 aliphatic rings. The molecular weight excluding hydrogens is 190 g/mol. The molecule has 1 atom stereocenters. The SMILES string of the molecule is C=CC(C)Nc1cc(OCC)nc(C)n1. The minimum atomic E-state index is 0.175. The fourth-order valence-electron chi connectivity index (χ4n) is 1.13. The van der Waals surface area contributed by atoms with Gasteiger partial charge >= 0.3 is 0 Å². The molecule has 0 amide bonds. The molecule has 0 spiro atoms. The summed E-state index contributed by atoms with van der Waals surface area (Å²) in [5.41, 5.74) is 0. The van der Waals surface area contributed by atoms with Crippen molar-refractivity contribution >= 4 is 5.82 Å². The Labute approximate surface area is 90.4 Å². The molecule has 0 radical (unpaired) electrons. The van der Waals surface area contributed by atoms with Gasteiger partial charge in [-0.3, -0.25) is 0 Å². The Bertz CT molecular complexity index is 339. The van der Waals surface area contributed by atoms with Crippen molar-refractivity contribution in [3.8, 4) is 5.88 Å². The van der Waals surface area contributed by atoms with Crippen molar-refractivity contribution in [2.75, 3.05) is 11.9 Å². The van der Waals surface area contributed by atoms with Crippen LogP contribution < -0.4 is 10.1 Å². The smallest absolute Gasteiger partial charge is 0.218 e. The van der Waals surface area contributed by atoms with Gasteiger partial charge in [-0.1, -0.05) is 6.08 Å². The average Bonchev–Trinajstić information content (AvgIpc) is 2.17. The topological polar surface area (TPSA) is 47.0 Å². The highest BCUT2D eigenvalue weighted by molar-refractivity contribution is 5.40. The zero-order valence-electron chi connectivity index (χ0n) is 9.45. The second kappa shape index (κ2) is 5.34. The van der Waals surface area contributed by atoms with E-state index in [1.807, 2.05) is 26.8 Å². The summed E-state index contributed by atoms with van der Waals surface area (Å²) in [5.74, 6) is 2.06. The van der Waals surface area contributed by atoms with Gasteiger partial charge in [-0.05, 0) is 20.8 Å². The molecule has 0 saturated heterocycles. The molecule has 1 rings (SSSR count). The molecule has 1 N–H and O–H groups in total. The van der Waals surface area contributed by atoms with Crippen LogP contribution in [0.1, 0.15) is 19.7 Å². The molecule has 15 heavy (non-hydrogen) atoms. The van der Waals surface area contributed by atoms with Crippen LogP contribution in [0.2, 0.25) is 0 Å². The summed E-state index contributed by atoms with van der Waals surface area (Å²) in [6.45, 7) is 10.1. The van der Waals surface area contributed by atoms with Crippen LogP contribution in [0.3, 0.4) is 0 Å². The van der Waals surface area contributed by atoms with Crippen molar-refractivity contribution in [1.29, 1.82) is 0 Å². The molecular formula is C11H17N3O. The second-order valence-electron chi connectivity index (χ2n) is 3.24. The van der Waals surface area contributed by atoms with Crippen LogP contribution in [0.4, 0.5) is 5.82 Å². The summed E-state index contributed by atoms with van der Waals surface area (Å²) in [7, 11) is 0. The third kappa shape index (κ3) is 3.58. The van der Waals surface area contributed by atoms with Crippen LogP contribution in [0.25, 0.3) is 0 Å². The van der Waals surface area contributed by atoms with Crippen LogP contribution in [0, 0.1) is 6.92 Å². The molecule has 0 aliphatic heterocycles. The van der Waals surface area contributed by atoms with E-state index in [0.29, 0.717) is 18.3 Å². The van der Waals surface area contributed by atoms with Gasteiger partial charge in [0.05, 0.1) is 6.61 Å². The summed E-state index contributed by atoms with van der Waals surface area (Å²) in [4.78, 5) is 8.41. The van der Waals surface area contributed by atoms with Crippen LogP contribution in [-0.2, 0) is 0 Å². The summed E-state index contributed by atoms with van der Waals surface area (Å²) < 4.78 is 5.33. The largest absolute Gasteiger partial charge is 0.478 e. The van der Waals surface area contributed by atoms with Gasteiger partial charge in [0.1, 0.15) is 11.6 Å². The maximum absolute atomic E-state index is 5.33. The summed E-state index contributed by atoms with van der Waals surface area (Å²) >= 11 is 0. The summed E-state index contributed by atoms with van der Waals surface area (Å²) in [6.07, 6.45) is 1.82. The maximum Gasteiger partial charge on any atom is 0.218 e. The average molecular weight is 207 g/mol. The van der Waals surface area contributed by atoms with Gasteiger partial charge < -0.3 is 10.1 Å². The fraction of sp³-hybridized carbons (Fsp3) is 0.455. The summed E-state index contributed by atoms with van der Waals surface area (Å²) in [5, 5.41) is 3.18. The van der Waals surface area contributed by atoms with Crippen LogP contribution in [0.15, 0.2) is 18.7 Å². The molecule has 0 bridgehead atoms. The zero-order valence-corrected chi connectivity index (χ0v) is 9.45. The first-order chi connectivity index (χ1) is 7.15. The van der Waals surface area contributed by atoms with Crippen molar-refractivity contribution < 1.29 is 4.74 Å². The number of hydrogen-bond acceptors (Lipinski definition) is 4. The number of rotatable bonds is 5. The number of anilines is 1. The highest BCUT2D eigenvalue weighted by atomic mass is 16.5. The Hall–Kier alpha value is -1.58. The van der Waals surface area contributed by atoms with Crippen molar-refractivity contribution in [3.63, 3.8) is 0 Å². The van der Waals surface area contributed by atoms with Crippen molar-refractivity contribution in [3.05, 3.63) is 24.5 Å². The molecule has 1 aromatic rings. The number of ether oxygens (including phenoxy) is 1. The Morgan fingerprint density at radius 1 is 1.60 bits per heavy atom. The van der Waals surface area contributed by atoms with E-state index >= 15 is 0 Å². The molecule has 0 saturated carbocycles. The highest BCUT2D eigenvalue weighted by Crippen LogP contribution is 2.14. The van der Waals surface area contributed by atoms with E-state index < -0.39 is 0 Å². The van der Waals surface area contributed by atoms with E-state index in [-0.39, 0.29) is 6.04 Å². The third-order valence-electron chi connectivity index (χ3n) is 1.84. The lowest BCUT2D eigenvalue weighted by Crippen LogP contribution is -2.13. The zero-order chi connectivity index (χ0) is 11.3. The fourth-order valence-corrected chi connectivity index (χ4v) is 1.13. The maximum atomic E-state index is 5.33. The minimum Gasteiger partial charge on any atom is -0.478 e. The van der Waals surface area contributed by atoms with Crippen LogP contribution in [-0.4, -0.2) is 22.6 Å². The van der Waals surface area contributed by atoms with Crippen molar-refractivity contribution in [2.45, 2.75) is 26.8 Å². The van der Waals surface area contributed by atoms with Crippen molar-refractivity contribution in [1.82, 2.24) is 9.97 Å². The van der Waals surface area contributed by atoms with Gasteiger partial charge in [0.25, 0.3) is 0 Å². The van der Waals surface area contributed by atoms with E-state index in [1.54, 1.807) is 6.07 Å². The predicted molar refractivity (Wildman–Crippen MR) is 61.2 cm³/mol. The molecule has 82 valence electrons. The van der Waals surface area contributed by atoms with Crippen LogP contribution >= 0.6 is 0 Å². The first-order valence-corrected chi connectivity index (χ1v) is 5.03. The predicted octanol–water partition coefficient (Wildman–Crippen LogP) is 2.17. The molecule has 0 aromatic carbocycles. The molecule has 1 aromatic heterocycles. The second-order valence-corrected chi connectivity index (χ2v) is 3.24. The van der Waals surface area contributed by atoms with Gasteiger partial charge in [-0.15, -0.1) is 6.58 Å². The van der Waals surface area contributed by atoms with E-state index in [9.17, 15) is 0 Å². The molecule has 0 aliphatic carbocycles. The molecule has 4 nitrogen and oxygen atoms in total. The third-order valence-corrected chi connectivity index (χ3v) is 1.84. The Morgan fingerprint density at radius 3 is 2.93 bits per heavy atom. The monoisotopic (exact) mass is 207 g/mol. The lowest BCUT2D eigenvalue weighted by molar-refractivity contribution is 0.325. The van der Waals surface area contributed by atoms with E-state index in [4.69, 9.17) is 4.74 Å². The first kappa shape index (κ1) is 11.5. The Balaban J connectivity index is 2.83. The minimum absolute atomic E-state index is 0.175. The number of nitrogens with zero attached hydrogens (tertiary/aromatic N) is 2. The van der Waals surface area contributed by atoms with E-state index in [2.05, 4.69) is 21.9 Å². The van der Waals surface area contributed by atoms with Gasteiger partial charge in [0, 0.05) is 12.1 Å². The number of hydrogen-bond donors (Lipinski definition) is 1. The van der Waals surface area contributed by atoms with Gasteiger partial charge in [-0.25, -0.2) is 4.98 Å².